The maximum atomic E-state index is 2.52. The van der Waals surface area contributed by atoms with E-state index in [1.54, 1.807) is 0 Å². The van der Waals surface area contributed by atoms with Gasteiger partial charge in [0.05, 0.1) is 11.4 Å². The first-order valence-electron chi connectivity index (χ1n) is 16.5. The van der Waals surface area contributed by atoms with Crippen LogP contribution in [0.4, 0.5) is 17.1 Å². The highest BCUT2D eigenvalue weighted by Crippen LogP contribution is 2.53. The summed E-state index contributed by atoms with van der Waals surface area (Å²) in [6.45, 7) is 11.6. The molecular formula is C45H39N. The van der Waals surface area contributed by atoms with Crippen molar-refractivity contribution in [1.82, 2.24) is 0 Å². The van der Waals surface area contributed by atoms with Gasteiger partial charge in [-0.15, -0.1) is 0 Å². The summed E-state index contributed by atoms with van der Waals surface area (Å²) in [4.78, 5) is 2.52. The van der Waals surface area contributed by atoms with Crippen LogP contribution in [0.25, 0.3) is 43.8 Å². The number of hydrogen-bond acceptors (Lipinski definition) is 1. The van der Waals surface area contributed by atoms with Crippen LogP contribution in [0.5, 0.6) is 0 Å². The summed E-state index contributed by atoms with van der Waals surface area (Å²) >= 11 is 0. The van der Waals surface area contributed by atoms with Crippen LogP contribution in [0.1, 0.15) is 55.9 Å². The van der Waals surface area contributed by atoms with Gasteiger partial charge in [-0.25, -0.2) is 0 Å². The lowest BCUT2D eigenvalue weighted by Gasteiger charge is -2.31. The zero-order valence-electron chi connectivity index (χ0n) is 27.3. The van der Waals surface area contributed by atoms with Gasteiger partial charge in [0, 0.05) is 22.1 Å². The first-order valence-corrected chi connectivity index (χ1v) is 16.5. The highest BCUT2D eigenvalue weighted by molar-refractivity contribution is 6.04. The molecule has 0 radical (unpaired) electrons. The molecule has 46 heavy (non-hydrogen) atoms. The first kappa shape index (κ1) is 28.3. The first-order chi connectivity index (χ1) is 22.3. The molecule has 1 nitrogen and oxygen atoms in total. The Hall–Kier alpha value is -5.14. The van der Waals surface area contributed by atoms with E-state index in [4.69, 9.17) is 0 Å². The van der Waals surface area contributed by atoms with E-state index in [-0.39, 0.29) is 5.41 Å². The van der Waals surface area contributed by atoms with Crippen LogP contribution < -0.4 is 4.90 Å². The van der Waals surface area contributed by atoms with Gasteiger partial charge in [0.2, 0.25) is 0 Å². The van der Waals surface area contributed by atoms with Crippen molar-refractivity contribution >= 4 is 38.6 Å². The van der Waals surface area contributed by atoms with Crippen LogP contribution in [0, 0.1) is 6.92 Å². The molecule has 0 bridgehead atoms. The zero-order valence-corrected chi connectivity index (χ0v) is 27.3. The summed E-state index contributed by atoms with van der Waals surface area (Å²) in [5.74, 6) is 0.393. The van der Waals surface area contributed by atoms with Crippen LogP contribution in [-0.4, -0.2) is 0 Å². The van der Waals surface area contributed by atoms with E-state index < -0.39 is 0 Å². The molecule has 0 N–H and O–H groups in total. The van der Waals surface area contributed by atoms with Crippen molar-refractivity contribution in [3.8, 4) is 22.3 Å². The molecule has 0 unspecified atom stereocenters. The second kappa shape index (κ2) is 10.7. The Labute approximate surface area is 272 Å². The standard InChI is InChI=1S/C45H39N/c1-29(2)35-19-10-11-21-37(35)39-26-32-16-6-7-17-33(32)27-43(39)46(42-23-13-18-31-15-8-9-20-36(31)42)34-24-25-38-41(28-34)45(4,5)40-22-12-14-30(3)44(38)40/h6-29H,1-5H3. The molecule has 0 aromatic heterocycles. The Bertz CT molecular complexity index is 2280. The van der Waals surface area contributed by atoms with Crippen molar-refractivity contribution in [2.24, 2.45) is 0 Å². The Balaban J connectivity index is 1.47. The molecule has 0 amide bonds. The predicted molar refractivity (Wildman–Crippen MR) is 198 cm³/mol. The quantitative estimate of drug-likeness (QED) is 0.192. The predicted octanol–water partition coefficient (Wildman–Crippen LogP) is 12.9. The van der Waals surface area contributed by atoms with E-state index in [1.165, 1.54) is 83.1 Å². The van der Waals surface area contributed by atoms with Crippen LogP contribution in [0.3, 0.4) is 0 Å². The average Bonchev–Trinajstić information content (AvgIpc) is 3.31. The van der Waals surface area contributed by atoms with Gasteiger partial charge in [0.1, 0.15) is 0 Å². The summed E-state index contributed by atoms with van der Waals surface area (Å²) in [5, 5.41) is 4.95. The third-order valence-electron chi connectivity index (χ3n) is 10.1. The summed E-state index contributed by atoms with van der Waals surface area (Å²) in [6, 6.07) is 51.9. The fraction of sp³-hybridized carbons (Fsp3) is 0.156. The van der Waals surface area contributed by atoms with Crippen molar-refractivity contribution in [2.75, 3.05) is 4.90 Å². The Morgan fingerprint density at radius 3 is 2.00 bits per heavy atom. The Morgan fingerprint density at radius 1 is 0.522 bits per heavy atom. The molecule has 0 heterocycles. The molecule has 7 aromatic rings. The number of hydrogen-bond donors (Lipinski definition) is 0. The third kappa shape index (κ3) is 4.37. The van der Waals surface area contributed by atoms with Gasteiger partial charge in [-0.05, 0) is 98.3 Å². The molecule has 0 saturated carbocycles. The average molecular weight is 594 g/mol. The molecule has 1 aliphatic carbocycles. The third-order valence-corrected chi connectivity index (χ3v) is 10.1. The zero-order chi connectivity index (χ0) is 31.6. The molecule has 8 rings (SSSR count). The molecule has 7 aromatic carbocycles. The fourth-order valence-corrected chi connectivity index (χ4v) is 7.78. The lowest BCUT2D eigenvalue weighted by atomic mass is 9.82. The van der Waals surface area contributed by atoms with Crippen LogP contribution in [-0.2, 0) is 5.41 Å². The molecule has 0 aliphatic heterocycles. The number of aryl methyl sites for hydroxylation is 1. The van der Waals surface area contributed by atoms with Crippen LogP contribution in [0.2, 0.25) is 0 Å². The van der Waals surface area contributed by atoms with Gasteiger partial charge in [-0.1, -0.05) is 137 Å². The van der Waals surface area contributed by atoms with E-state index in [2.05, 4.69) is 179 Å². The molecule has 1 aliphatic rings. The summed E-state index contributed by atoms with van der Waals surface area (Å²) < 4.78 is 0. The van der Waals surface area contributed by atoms with Crippen molar-refractivity contribution < 1.29 is 0 Å². The van der Waals surface area contributed by atoms with E-state index in [0.717, 1.165) is 0 Å². The minimum atomic E-state index is -0.104. The normalized spacial score (nSPS) is 13.3. The van der Waals surface area contributed by atoms with Crippen molar-refractivity contribution in [3.63, 3.8) is 0 Å². The number of anilines is 3. The maximum absolute atomic E-state index is 2.52. The van der Waals surface area contributed by atoms with E-state index >= 15 is 0 Å². The van der Waals surface area contributed by atoms with Crippen LogP contribution >= 0.6 is 0 Å². The van der Waals surface area contributed by atoms with E-state index in [9.17, 15) is 0 Å². The van der Waals surface area contributed by atoms with E-state index in [1.807, 2.05) is 0 Å². The van der Waals surface area contributed by atoms with E-state index in [0.29, 0.717) is 5.92 Å². The second-order valence-electron chi connectivity index (χ2n) is 13.6. The SMILES string of the molecule is Cc1cccc2c1-c1ccc(N(c3cc4ccccc4cc3-c3ccccc3C(C)C)c3cccc4ccccc34)cc1C2(C)C. The minimum absolute atomic E-state index is 0.104. The Kier molecular flexibility index (Phi) is 6.62. The second-order valence-corrected chi connectivity index (χ2v) is 13.6. The van der Waals surface area contributed by atoms with Crippen molar-refractivity contribution in [2.45, 2.75) is 46.0 Å². The van der Waals surface area contributed by atoms with Gasteiger partial charge in [0.25, 0.3) is 0 Å². The van der Waals surface area contributed by atoms with Crippen LogP contribution in [0.15, 0.2) is 140 Å². The lowest BCUT2D eigenvalue weighted by Crippen LogP contribution is -2.17. The van der Waals surface area contributed by atoms with Crippen molar-refractivity contribution in [1.29, 1.82) is 0 Å². The summed E-state index contributed by atoms with van der Waals surface area (Å²) in [6.07, 6.45) is 0. The Morgan fingerprint density at radius 2 is 1.20 bits per heavy atom. The highest BCUT2D eigenvalue weighted by atomic mass is 15.1. The maximum Gasteiger partial charge on any atom is 0.0546 e. The summed E-state index contributed by atoms with van der Waals surface area (Å²) in [5.41, 5.74) is 14.2. The molecule has 1 heteroatoms. The van der Waals surface area contributed by atoms with Gasteiger partial charge in [0.15, 0.2) is 0 Å². The molecule has 0 spiro atoms. The smallest absolute Gasteiger partial charge is 0.0546 e. The molecule has 0 saturated heterocycles. The van der Waals surface area contributed by atoms with Crippen molar-refractivity contribution in [3.05, 3.63) is 162 Å². The minimum Gasteiger partial charge on any atom is -0.309 e. The fourth-order valence-electron chi connectivity index (χ4n) is 7.78. The molecule has 224 valence electrons. The number of nitrogens with zero attached hydrogens (tertiary/aromatic N) is 1. The van der Waals surface area contributed by atoms with Gasteiger partial charge in [-0.2, -0.15) is 0 Å². The summed E-state index contributed by atoms with van der Waals surface area (Å²) in [7, 11) is 0. The topological polar surface area (TPSA) is 3.24 Å². The highest BCUT2D eigenvalue weighted by Gasteiger charge is 2.37. The molecular weight excluding hydrogens is 555 g/mol. The lowest BCUT2D eigenvalue weighted by molar-refractivity contribution is 0.660. The van der Waals surface area contributed by atoms with Gasteiger partial charge in [-0.3, -0.25) is 0 Å². The number of rotatable bonds is 5. The molecule has 0 atom stereocenters. The number of benzene rings is 7. The van der Waals surface area contributed by atoms with Gasteiger partial charge < -0.3 is 4.90 Å². The van der Waals surface area contributed by atoms with Gasteiger partial charge >= 0.3 is 0 Å². The molecule has 0 fully saturated rings. The number of fused-ring (bicyclic) bond motifs is 5. The largest absolute Gasteiger partial charge is 0.309 e. The monoisotopic (exact) mass is 593 g/mol.